The highest BCUT2D eigenvalue weighted by molar-refractivity contribution is 5.45. The normalized spacial score (nSPS) is 10.1. The van der Waals surface area contributed by atoms with Gasteiger partial charge in [-0.15, -0.1) is 0 Å². The number of hydrogen-bond donors (Lipinski definition) is 0. The van der Waals surface area contributed by atoms with E-state index >= 15 is 0 Å². The van der Waals surface area contributed by atoms with Crippen molar-refractivity contribution >= 4 is 0 Å². The molecule has 0 bridgehead atoms. The van der Waals surface area contributed by atoms with Crippen LogP contribution in [0.5, 0.6) is 0 Å². The Balaban J connectivity index is 2.45. The zero-order chi connectivity index (χ0) is 8.39. The molecule has 0 atom stereocenters. The number of nitrogens with zero attached hydrogens (tertiary/aromatic N) is 2. The van der Waals surface area contributed by atoms with E-state index in [4.69, 9.17) is 4.42 Å². The fraction of sp³-hybridized carbons (Fsp3) is 0.111. The Labute approximate surface area is 70.1 Å². The van der Waals surface area contributed by atoms with E-state index in [1.807, 2.05) is 19.1 Å². The molecular weight excluding hydrogens is 152 g/mol. The van der Waals surface area contributed by atoms with Crippen LogP contribution < -0.4 is 0 Å². The van der Waals surface area contributed by atoms with Crippen LogP contribution in [0.25, 0.3) is 11.6 Å². The fourth-order valence-electron chi connectivity index (χ4n) is 0.981. The standard InChI is InChI=1S/C9H8N2O/c1-7-3-4-8(12-7)9-10-5-2-6-11-9/h2-6H,1H3. The molecule has 2 aromatic heterocycles. The van der Waals surface area contributed by atoms with Gasteiger partial charge in [0.15, 0.2) is 11.6 Å². The minimum Gasteiger partial charge on any atom is -0.458 e. The molecule has 12 heavy (non-hydrogen) atoms. The lowest BCUT2D eigenvalue weighted by Crippen LogP contribution is -1.83. The first-order chi connectivity index (χ1) is 5.86. The Bertz CT molecular complexity index is 367. The number of aryl methyl sites for hydroxylation is 1. The third kappa shape index (κ3) is 1.21. The molecule has 3 heteroatoms. The van der Waals surface area contributed by atoms with E-state index < -0.39 is 0 Å². The van der Waals surface area contributed by atoms with Gasteiger partial charge in [-0.2, -0.15) is 0 Å². The molecule has 0 aliphatic rings. The molecule has 2 heterocycles. The van der Waals surface area contributed by atoms with Crippen LogP contribution in [0.3, 0.4) is 0 Å². The number of rotatable bonds is 1. The van der Waals surface area contributed by atoms with Crippen molar-refractivity contribution in [1.29, 1.82) is 0 Å². The van der Waals surface area contributed by atoms with Gasteiger partial charge in [-0.25, -0.2) is 9.97 Å². The molecular formula is C9H8N2O. The highest BCUT2D eigenvalue weighted by Crippen LogP contribution is 2.16. The van der Waals surface area contributed by atoms with Crippen molar-refractivity contribution in [3.05, 3.63) is 36.4 Å². The van der Waals surface area contributed by atoms with Crippen molar-refractivity contribution in [2.45, 2.75) is 6.92 Å². The van der Waals surface area contributed by atoms with Crippen molar-refractivity contribution in [2.75, 3.05) is 0 Å². The van der Waals surface area contributed by atoms with Crippen LogP contribution >= 0.6 is 0 Å². The van der Waals surface area contributed by atoms with Crippen LogP contribution in [0, 0.1) is 6.92 Å². The lowest BCUT2D eigenvalue weighted by molar-refractivity contribution is 0.544. The van der Waals surface area contributed by atoms with E-state index in [9.17, 15) is 0 Å². The second-order valence-corrected chi connectivity index (χ2v) is 2.48. The third-order valence-corrected chi connectivity index (χ3v) is 1.53. The van der Waals surface area contributed by atoms with Crippen LogP contribution in [-0.2, 0) is 0 Å². The van der Waals surface area contributed by atoms with Gasteiger partial charge in [0.2, 0.25) is 0 Å². The summed E-state index contributed by atoms with van der Waals surface area (Å²) in [6.07, 6.45) is 3.39. The summed E-state index contributed by atoms with van der Waals surface area (Å²) in [5.74, 6) is 2.22. The Morgan fingerprint density at radius 3 is 2.50 bits per heavy atom. The molecule has 0 spiro atoms. The minimum atomic E-state index is 0.630. The zero-order valence-electron chi connectivity index (χ0n) is 6.69. The number of hydrogen-bond acceptors (Lipinski definition) is 3. The van der Waals surface area contributed by atoms with E-state index in [1.54, 1.807) is 18.5 Å². The lowest BCUT2D eigenvalue weighted by atomic mass is 10.4. The van der Waals surface area contributed by atoms with Gasteiger partial charge in [-0.1, -0.05) is 0 Å². The maximum absolute atomic E-state index is 5.34. The second kappa shape index (κ2) is 2.77. The Hall–Kier alpha value is -1.64. The van der Waals surface area contributed by atoms with Gasteiger partial charge in [-0.05, 0) is 25.1 Å². The first-order valence-corrected chi connectivity index (χ1v) is 3.70. The van der Waals surface area contributed by atoms with Crippen LogP contribution in [-0.4, -0.2) is 9.97 Å². The topological polar surface area (TPSA) is 38.9 Å². The molecule has 0 aliphatic heterocycles. The Kier molecular flexibility index (Phi) is 1.63. The Morgan fingerprint density at radius 1 is 1.17 bits per heavy atom. The second-order valence-electron chi connectivity index (χ2n) is 2.48. The summed E-state index contributed by atoms with van der Waals surface area (Å²) < 4.78 is 5.34. The molecule has 0 N–H and O–H groups in total. The first-order valence-electron chi connectivity index (χ1n) is 3.70. The molecule has 3 nitrogen and oxygen atoms in total. The third-order valence-electron chi connectivity index (χ3n) is 1.53. The van der Waals surface area contributed by atoms with Crippen molar-refractivity contribution in [3.8, 4) is 11.6 Å². The number of furan rings is 1. The molecule has 0 aliphatic carbocycles. The van der Waals surface area contributed by atoms with E-state index in [2.05, 4.69) is 9.97 Å². The van der Waals surface area contributed by atoms with E-state index in [1.165, 1.54) is 0 Å². The summed E-state index contributed by atoms with van der Waals surface area (Å²) in [6.45, 7) is 1.90. The van der Waals surface area contributed by atoms with E-state index in [0.29, 0.717) is 11.6 Å². The molecule has 0 fully saturated rings. The minimum absolute atomic E-state index is 0.630. The van der Waals surface area contributed by atoms with Gasteiger partial charge in [0.25, 0.3) is 0 Å². The SMILES string of the molecule is Cc1ccc(-c2ncccn2)o1. The largest absolute Gasteiger partial charge is 0.458 e. The monoisotopic (exact) mass is 160 g/mol. The highest BCUT2D eigenvalue weighted by atomic mass is 16.3. The quantitative estimate of drug-likeness (QED) is 0.640. The van der Waals surface area contributed by atoms with Crippen molar-refractivity contribution in [3.63, 3.8) is 0 Å². The zero-order valence-corrected chi connectivity index (χ0v) is 6.69. The molecule has 0 saturated heterocycles. The summed E-state index contributed by atoms with van der Waals surface area (Å²) in [5, 5.41) is 0. The molecule has 0 saturated carbocycles. The molecule has 2 aromatic rings. The van der Waals surface area contributed by atoms with Gasteiger partial charge in [-0.3, -0.25) is 0 Å². The number of aromatic nitrogens is 2. The van der Waals surface area contributed by atoms with Gasteiger partial charge >= 0.3 is 0 Å². The van der Waals surface area contributed by atoms with Crippen LogP contribution in [0.2, 0.25) is 0 Å². The van der Waals surface area contributed by atoms with Crippen LogP contribution in [0.4, 0.5) is 0 Å². The van der Waals surface area contributed by atoms with Crippen LogP contribution in [0.15, 0.2) is 35.0 Å². The van der Waals surface area contributed by atoms with Gasteiger partial charge in [0.05, 0.1) is 0 Å². The van der Waals surface area contributed by atoms with Crippen molar-refractivity contribution in [1.82, 2.24) is 9.97 Å². The van der Waals surface area contributed by atoms with E-state index in [0.717, 1.165) is 5.76 Å². The van der Waals surface area contributed by atoms with Crippen molar-refractivity contribution < 1.29 is 4.42 Å². The van der Waals surface area contributed by atoms with Gasteiger partial charge in [0.1, 0.15) is 5.76 Å². The average Bonchev–Trinajstić information content (AvgIpc) is 2.54. The average molecular weight is 160 g/mol. The maximum atomic E-state index is 5.34. The summed E-state index contributed by atoms with van der Waals surface area (Å²) in [7, 11) is 0. The van der Waals surface area contributed by atoms with Crippen LogP contribution in [0.1, 0.15) is 5.76 Å². The predicted molar refractivity (Wildman–Crippen MR) is 44.5 cm³/mol. The fourth-order valence-corrected chi connectivity index (χ4v) is 0.981. The molecule has 0 amide bonds. The molecule has 0 radical (unpaired) electrons. The van der Waals surface area contributed by atoms with Gasteiger partial charge < -0.3 is 4.42 Å². The highest BCUT2D eigenvalue weighted by Gasteiger charge is 2.02. The first kappa shape index (κ1) is 7.03. The lowest BCUT2D eigenvalue weighted by Gasteiger charge is -1.91. The molecule has 60 valence electrons. The summed E-state index contributed by atoms with van der Waals surface area (Å²) in [4.78, 5) is 8.11. The molecule has 2 rings (SSSR count). The maximum Gasteiger partial charge on any atom is 0.195 e. The summed E-state index contributed by atoms with van der Waals surface area (Å²) in [5.41, 5.74) is 0. The summed E-state index contributed by atoms with van der Waals surface area (Å²) >= 11 is 0. The van der Waals surface area contributed by atoms with Gasteiger partial charge in [0, 0.05) is 12.4 Å². The smallest absolute Gasteiger partial charge is 0.195 e. The molecule has 0 unspecified atom stereocenters. The predicted octanol–water partition coefficient (Wildman–Crippen LogP) is 2.05. The van der Waals surface area contributed by atoms with Crippen molar-refractivity contribution in [2.24, 2.45) is 0 Å². The summed E-state index contributed by atoms with van der Waals surface area (Å²) in [6, 6.07) is 5.54. The van der Waals surface area contributed by atoms with E-state index in [-0.39, 0.29) is 0 Å². The molecule has 0 aromatic carbocycles. The Morgan fingerprint density at radius 2 is 1.92 bits per heavy atom.